The summed E-state index contributed by atoms with van der Waals surface area (Å²) in [5.41, 5.74) is 4.00. The number of aromatic amines is 2. The SMILES string of the molecule is C[C@@H]1COCCN1c1nc(N2CC3(CCCOC3)C2)nc2[nH]c(-c3cccc4[nH]ccc34)nc12. The third-order valence-electron chi connectivity index (χ3n) is 7.54. The third kappa shape index (κ3) is 3.18. The van der Waals surface area contributed by atoms with Gasteiger partial charge in [-0.2, -0.15) is 9.97 Å². The smallest absolute Gasteiger partial charge is 0.229 e. The van der Waals surface area contributed by atoms with Crippen molar-refractivity contribution in [1.29, 1.82) is 0 Å². The predicted octanol–water partition coefficient (Wildman–Crippen LogP) is 3.34. The molecule has 4 aromatic rings. The number of nitrogens with zero attached hydrogens (tertiary/aromatic N) is 5. The van der Waals surface area contributed by atoms with E-state index in [1.165, 1.54) is 6.42 Å². The van der Waals surface area contributed by atoms with Gasteiger partial charge in [0.1, 0.15) is 5.82 Å². The molecule has 7 rings (SSSR count). The summed E-state index contributed by atoms with van der Waals surface area (Å²) in [5, 5.41) is 1.14. The van der Waals surface area contributed by atoms with Gasteiger partial charge in [-0.3, -0.25) is 0 Å². The Hall–Kier alpha value is -3.17. The zero-order chi connectivity index (χ0) is 22.7. The van der Waals surface area contributed by atoms with E-state index in [9.17, 15) is 0 Å². The lowest BCUT2D eigenvalue weighted by atomic mass is 9.76. The van der Waals surface area contributed by atoms with Crippen LogP contribution in [-0.2, 0) is 9.47 Å². The van der Waals surface area contributed by atoms with Gasteiger partial charge in [-0.05, 0) is 31.9 Å². The average Bonchev–Trinajstić information content (AvgIpc) is 3.50. The van der Waals surface area contributed by atoms with E-state index in [4.69, 9.17) is 24.4 Å². The average molecular weight is 460 g/mol. The number of anilines is 2. The zero-order valence-electron chi connectivity index (χ0n) is 19.4. The van der Waals surface area contributed by atoms with Crippen LogP contribution in [0.1, 0.15) is 19.8 Å². The molecule has 9 heteroatoms. The van der Waals surface area contributed by atoms with Crippen LogP contribution in [0.15, 0.2) is 30.5 Å². The van der Waals surface area contributed by atoms with Crippen molar-refractivity contribution in [2.75, 3.05) is 55.9 Å². The quantitative estimate of drug-likeness (QED) is 0.485. The van der Waals surface area contributed by atoms with E-state index in [0.717, 1.165) is 84.5 Å². The number of ether oxygens (including phenoxy) is 2. The number of hydrogen-bond acceptors (Lipinski definition) is 7. The number of H-pyrrole nitrogens is 2. The van der Waals surface area contributed by atoms with Crippen LogP contribution < -0.4 is 9.80 Å². The summed E-state index contributed by atoms with van der Waals surface area (Å²) >= 11 is 0. The van der Waals surface area contributed by atoms with Crippen molar-refractivity contribution >= 4 is 33.8 Å². The van der Waals surface area contributed by atoms with Crippen molar-refractivity contribution in [3.8, 4) is 11.4 Å². The lowest BCUT2D eigenvalue weighted by Crippen LogP contribution is -2.60. The summed E-state index contributed by atoms with van der Waals surface area (Å²) in [5.74, 6) is 2.47. The molecule has 176 valence electrons. The van der Waals surface area contributed by atoms with E-state index in [0.29, 0.717) is 13.2 Å². The highest BCUT2D eigenvalue weighted by Crippen LogP contribution is 2.41. The van der Waals surface area contributed by atoms with Crippen molar-refractivity contribution in [2.45, 2.75) is 25.8 Å². The van der Waals surface area contributed by atoms with E-state index in [1.807, 2.05) is 6.20 Å². The summed E-state index contributed by atoms with van der Waals surface area (Å²) < 4.78 is 11.5. The lowest BCUT2D eigenvalue weighted by molar-refractivity contribution is -0.0239. The molecule has 3 aliphatic rings. The maximum atomic E-state index is 5.79. The lowest BCUT2D eigenvalue weighted by Gasteiger charge is -2.51. The Bertz CT molecular complexity index is 1350. The normalized spacial score (nSPS) is 22.6. The van der Waals surface area contributed by atoms with Gasteiger partial charge in [0.15, 0.2) is 17.0 Å². The van der Waals surface area contributed by atoms with Crippen LogP contribution in [0.4, 0.5) is 11.8 Å². The Labute approximate surface area is 197 Å². The van der Waals surface area contributed by atoms with Gasteiger partial charge < -0.3 is 29.2 Å². The molecule has 6 heterocycles. The van der Waals surface area contributed by atoms with E-state index in [1.54, 1.807) is 0 Å². The fraction of sp³-hybridized carbons (Fsp3) is 0.480. The second-order valence-corrected chi connectivity index (χ2v) is 10.0. The molecule has 0 unspecified atom stereocenters. The molecular weight excluding hydrogens is 430 g/mol. The van der Waals surface area contributed by atoms with Crippen LogP contribution in [0.2, 0.25) is 0 Å². The fourth-order valence-electron chi connectivity index (χ4n) is 5.74. The first kappa shape index (κ1) is 20.2. The van der Waals surface area contributed by atoms with Crippen LogP contribution >= 0.6 is 0 Å². The summed E-state index contributed by atoms with van der Waals surface area (Å²) in [6.45, 7) is 7.96. The van der Waals surface area contributed by atoms with Crippen LogP contribution in [0, 0.1) is 5.41 Å². The predicted molar refractivity (Wildman–Crippen MR) is 131 cm³/mol. The highest BCUT2D eigenvalue weighted by molar-refractivity contribution is 5.96. The standard InChI is InChI=1S/C25H29N7O2/c1-16-12-33-11-9-32(16)23-20-22(28-21(27-20)18-4-2-5-19-17(18)6-8-26-19)29-24(30-23)31-13-25(14-31)7-3-10-34-15-25/h2,4-6,8,16,26H,3,7,9-15H2,1H3,(H,27,28,29,30)/t16-/m1/s1. The third-order valence-corrected chi connectivity index (χ3v) is 7.54. The van der Waals surface area contributed by atoms with Gasteiger partial charge in [-0.1, -0.05) is 12.1 Å². The number of benzene rings is 1. The van der Waals surface area contributed by atoms with Gasteiger partial charge in [0, 0.05) is 54.3 Å². The monoisotopic (exact) mass is 459 g/mol. The molecule has 1 aromatic carbocycles. The van der Waals surface area contributed by atoms with Crippen LogP contribution in [0.5, 0.6) is 0 Å². The highest BCUT2D eigenvalue weighted by Gasteiger charge is 2.45. The Morgan fingerprint density at radius 3 is 2.88 bits per heavy atom. The first-order chi connectivity index (χ1) is 16.7. The van der Waals surface area contributed by atoms with Gasteiger partial charge in [-0.25, -0.2) is 4.98 Å². The molecular formula is C25H29N7O2. The summed E-state index contributed by atoms with van der Waals surface area (Å²) in [7, 11) is 0. The van der Waals surface area contributed by atoms with E-state index >= 15 is 0 Å². The molecule has 1 atom stereocenters. The maximum Gasteiger partial charge on any atom is 0.229 e. The molecule has 0 bridgehead atoms. The minimum atomic E-state index is 0.224. The summed E-state index contributed by atoms with van der Waals surface area (Å²) in [6.07, 6.45) is 4.32. The molecule has 3 saturated heterocycles. The second kappa shape index (κ2) is 7.68. The maximum absolute atomic E-state index is 5.79. The Kier molecular flexibility index (Phi) is 4.57. The largest absolute Gasteiger partial charge is 0.381 e. The van der Waals surface area contributed by atoms with Gasteiger partial charge in [0.25, 0.3) is 0 Å². The minimum absolute atomic E-state index is 0.224. The molecule has 9 nitrogen and oxygen atoms in total. The molecule has 0 saturated carbocycles. The van der Waals surface area contributed by atoms with E-state index < -0.39 is 0 Å². The Morgan fingerprint density at radius 1 is 1.09 bits per heavy atom. The first-order valence-corrected chi connectivity index (χ1v) is 12.2. The van der Waals surface area contributed by atoms with Crippen molar-refractivity contribution in [3.63, 3.8) is 0 Å². The van der Waals surface area contributed by atoms with Crippen LogP contribution in [0.25, 0.3) is 33.5 Å². The zero-order valence-corrected chi connectivity index (χ0v) is 19.4. The number of morpholine rings is 1. The molecule has 2 N–H and O–H groups in total. The van der Waals surface area contributed by atoms with Gasteiger partial charge in [-0.15, -0.1) is 0 Å². The fourth-order valence-corrected chi connectivity index (χ4v) is 5.74. The van der Waals surface area contributed by atoms with Crippen molar-refractivity contribution < 1.29 is 9.47 Å². The second-order valence-electron chi connectivity index (χ2n) is 10.0. The number of aromatic nitrogens is 5. The number of nitrogens with one attached hydrogen (secondary N) is 2. The number of fused-ring (bicyclic) bond motifs is 2. The Morgan fingerprint density at radius 2 is 2.03 bits per heavy atom. The highest BCUT2D eigenvalue weighted by atomic mass is 16.5. The summed E-state index contributed by atoms with van der Waals surface area (Å²) in [6, 6.07) is 8.54. The topological polar surface area (TPSA) is 95.2 Å². The van der Waals surface area contributed by atoms with Crippen molar-refractivity contribution in [1.82, 2.24) is 24.9 Å². The van der Waals surface area contributed by atoms with E-state index in [2.05, 4.69) is 51.0 Å². The molecule has 34 heavy (non-hydrogen) atoms. The van der Waals surface area contributed by atoms with Gasteiger partial charge in [0.05, 0.1) is 25.9 Å². The van der Waals surface area contributed by atoms with Crippen LogP contribution in [0.3, 0.4) is 0 Å². The molecule has 3 aliphatic heterocycles. The molecule has 0 amide bonds. The minimum Gasteiger partial charge on any atom is -0.381 e. The van der Waals surface area contributed by atoms with Gasteiger partial charge in [0.2, 0.25) is 5.95 Å². The van der Waals surface area contributed by atoms with Crippen molar-refractivity contribution in [3.05, 3.63) is 30.5 Å². The molecule has 0 aliphatic carbocycles. The Balaban J connectivity index is 1.33. The van der Waals surface area contributed by atoms with Gasteiger partial charge >= 0.3 is 0 Å². The van der Waals surface area contributed by atoms with E-state index in [-0.39, 0.29) is 11.5 Å². The number of rotatable bonds is 3. The molecule has 1 spiro atoms. The molecule has 0 radical (unpaired) electrons. The first-order valence-electron chi connectivity index (χ1n) is 12.2. The van der Waals surface area contributed by atoms with Crippen molar-refractivity contribution in [2.24, 2.45) is 5.41 Å². The number of imidazole rings is 1. The summed E-state index contributed by atoms with van der Waals surface area (Å²) in [4.78, 5) is 26.5. The number of hydrogen-bond donors (Lipinski definition) is 2. The molecule has 3 fully saturated rings. The van der Waals surface area contributed by atoms with Crippen LogP contribution in [-0.4, -0.2) is 77.0 Å². The molecule has 3 aromatic heterocycles.